The van der Waals surface area contributed by atoms with Crippen molar-refractivity contribution in [3.05, 3.63) is 35.9 Å². The molecular weight excluding hydrogens is 269 g/mol. The maximum Gasteiger partial charge on any atom is 0.257 e. The Morgan fingerprint density at radius 1 is 1.29 bits per heavy atom. The van der Waals surface area contributed by atoms with Gasteiger partial charge in [0.15, 0.2) is 5.82 Å². The fraction of sp³-hybridized carbons (Fsp3) is 0.500. The number of hydrogen-bond acceptors (Lipinski definition) is 4. The molecule has 1 saturated carbocycles. The summed E-state index contributed by atoms with van der Waals surface area (Å²) < 4.78 is 18.2. The van der Waals surface area contributed by atoms with Gasteiger partial charge in [-0.3, -0.25) is 0 Å². The second-order valence-corrected chi connectivity index (χ2v) is 5.94. The molecule has 5 heteroatoms. The SMILES string of the molecule is CCC1CCC(N)(c2noc(-c3ccc(F)cc3)n2)CC1. The predicted molar refractivity (Wildman–Crippen MR) is 77.8 cm³/mol. The zero-order valence-corrected chi connectivity index (χ0v) is 12.2. The van der Waals surface area contributed by atoms with Crippen LogP contribution in [0.2, 0.25) is 0 Å². The van der Waals surface area contributed by atoms with E-state index >= 15 is 0 Å². The Kier molecular flexibility index (Phi) is 3.76. The first kappa shape index (κ1) is 14.2. The van der Waals surface area contributed by atoms with Gasteiger partial charge in [0.2, 0.25) is 0 Å². The number of benzene rings is 1. The van der Waals surface area contributed by atoms with E-state index in [1.807, 2.05) is 0 Å². The normalized spacial score (nSPS) is 26.0. The average Bonchev–Trinajstić information content (AvgIpc) is 2.99. The molecule has 0 unspecified atom stereocenters. The van der Waals surface area contributed by atoms with Gasteiger partial charge in [0.05, 0.1) is 5.54 Å². The molecule has 1 aliphatic carbocycles. The third kappa shape index (κ3) is 2.83. The number of aromatic nitrogens is 2. The Labute approximate surface area is 123 Å². The summed E-state index contributed by atoms with van der Waals surface area (Å²) in [7, 11) is 0. The lowest BCUT2D eigenvalue weighted by Gasteiger charge is -2.34. The molecule has 1 heterocycles. The molecule has 0 radical (unpaired) electrons. The Balaban J connectivity index is 1.80. The van der Waals surface area contributed by atoms with Crippen LogP contribution in [0.25, 0.3) is 11.5 Å². The minimum Gasteiger partial charge on any atom is -0.334 e. The van der Waals surface area contributed by atoms with Crippen LogP contribution < -0.4 is 5.73 Å². The van der Waals surface area contributed by atoms with E-state index in [2.05, 4.69) is 17.1 Å². The van der Waals surface area contributed by atoms with E-state index in [4.69, 9.17) is 10.3 Å². The third-order valence-electron chi connectivity index (χ3n) is 4.54. The van der Waals surface area contributed by atoms with Crippen molar-refractivity contribution >= 4 is 0 Å². The van der Waals surface area contributed by atoms with Crippen molar-refractivity contribution < 1.29 is 8.91 Å². The van der Waals surface area contributed by atoms with Gasteiger partial charge in [0, 0.05) is 5.56 Å². The van der Waals surface area contributed by atoms with Crippen LogP contribution in [-0.2, 0) is 5.54 Å². The van der Waals surface area contributed by atoms with Gasteiger partial charge in [0.25, 0.3) is 5.89 Å². The minimum absolute atomic E-state index is 0.285. The number of nitrogens with zero attached hydrogens (tertiary/aromatic N) is 2. The largest absolute Gasteiger partial charge is 0.334 e. The van der Waals surface area contributed by atoms with Gasteiger partial charge in [-0.15, -0.1) is 0 Å². The van der Waals surface area contributed by atoms with Crippen molar-refractivity contribution in [3.8, 4) is 11.5 Å². The van der Waals surface area contributed by atoms with Crippen molar-refractivity contribution in [3.63, 3.8) is 0 Å². The molecule has 0 spiro atoms. The lowest BCUT2D eigenvalue weighted by molar-refractivity contribution is 0.216. The molecule has 4 nitrogen and oxygen atoms in total. The Morgan fingerprint density at radius 2 is 1.95 bits per heavy atom. The molecule has 0 aliphatic heterocycles. The highest BCUT2D eigenvalue weighted by Gasteiger charge is 2.36. The average molecular weight is 289 g/mol. The highest BCUT2D eigenvalue weighted by atomic mass is 19.1. The highest BCUT2D eigenvalue weighted by Crippen LogP contribution is 2.37. The zero-order chi connectivity index (χ0) is 14.9. The molecular formula is C16H20FN3O. The summed E-state index contributed by atoms with van der Waals surface area (Å²) in [6.07, 6.45) is 5.17. The molecule has 0 atom stereocenters. The molecule has 2 aromatic rings. The van der Waals surface area contributed by atoms with Gasteiger partial charge < -0.3 is 10.3 Å². The highest BCUT2D eigenvalue weighted by molar-refractivity contribution is 5.52. The van der Waals surface area contributed by atoms with Crippen LogP contribution in [0.4, 0.5) is 4.39 Å². The van der Waals surface area contributed by atoms with Crippen LogP contribution in [0.3, 0.4) is 0 Å². The fourth-order valence-electron chi connectivity index (χ4n) is 2.96. The second-order valence-electron chi connectivity index (χ2n) is 5.94. The van der Waals surface area contributed by atoms with E-state index in [0.717, 1.165) is 31.6 Å². The summed E-state index contributed by atoms with van der Waals surface area (Å²) >= 11 is 0. The number of nitrogens with two attached hydrogens (primary N) is 1. The van der Waals surface area contributed by atoms with Crippen molar-refractivity contribution in [2.24, 2.45) is 11.7 Å². The van der Waals surface area contributed by atoms with Crippen LogP contribution in [0.1, 0.15) is 44.9 Å². The van der Waals surface area contributed by atoms with Gasteiger partial charge in [0.1, 0.15) is 5.82 Å². The maximum absolute atomic E-state index is 12.9. The summed E-state index contributed by atoms with van der Waals surface area (Å²) in [5.74, 6) is 1.43. The summed E-state index contributed by atoms with van der Waals surface area (Å²) in [6, 6.07) is 6.02. The van der Waals surface area contributed by atoms with Crippen LogP contribution in [-0.4, -0.2) is 10.1 Å². The molecule has 0 saturated heterocycles. The van der Waals surface area contributed by atoms with Gasteiger partial charge >= 0.3 is 0 Å². The molecule has 112 valence electrons. The number of rotatable bonds is 3. The molecule has 0 amide bonds. The summed E-state index contributed by atoms with van der Waals surface area (Å²) in [4.78, 5) is 4.43. The standard InChI is InChI=1S/C16H20FN3O/c1-2-11-7-9-16(18,10-8-11)15-19-14(21-20-15)12-3-5-13(17)6-4-12/h3-6,11H,2,7-10,18H2,1H3. The molecule has 1 aromatic heterocycles. The van der Waals surface area contributed by atoms with Crippen molar-refractivity contribution in [1.29, 1.82) is 0 Å². The van der Waals surface area contributed by atoms with E-state index in [9.17, 15) is 4.39 Å². The van der Waals surface area contributed by atoms with E-state index in [1.165, 1.54) is 18.6 Å². The smallest absolute Gasteiger partial charge is 0.257 e. The van der Waals surface area contributed by atoms with Gasteiger partial charge in [-0.2, -0.15) is 4.98 Å². The summed E-state index contributed by atoms with van der Waals surface area (Å²) in [5.41, 5.74) is 6.68. The van der Waals surface area contributed by atoms with E-state index in [-0.39, 0.29) is 5.82 Å². The van der Waals surface area contributed by atoms with Crippen LogP contribution >= 0.6 is 0 Å². The maximum atomic E-state index is 12.9. The van der Waals surface area contributed by atoms with E-state index < -0.39 is 5.54 Å². The zero-order valence-electron chi connectivity index (χ0n) is 12.2. The molecule has 1 aliphatic rings. The molecule has 1 aromatic carbocycles. The predicted octanol–water partition coefficient (Wildman–Crippen LogP) is 3.63. The molecule has 0 bridgehead atoms. The second kappa shape index (κ2) is 5.56. The van der Waals surface area contributed by atoms with Gasteiger partial charge in [-0.1, -0.05) is 18.5 Å². The van der Waals surface area contributed by atoms with Crippen LogP contribution in [0.5, 0.6) is 0 Å². The van der Waals surface area contributed by atoms with Crippen molar-refractivity contribution in [1.82, 2.24) is 10.1 Å². The molecule has 21 heavy (non-hydrogen) atoms. The topological polar surface area (TPSA) is 64.9 Å². The first-order valence-electron chi connectivity index (χ1n) is 7.50. The monoisotopic (exact) mass is 289 g/mol. The first-order valence-corrected chi connectivity index (χ1v) is 7.50. The first-order chi connectivity index (χ1) is 10.1. The van der Waals surface area contributed by atoms with Crippen LogP contribution in [0, 0.1) is 11.7 Å². The molecule has 1 fully saturated rings. The Morgan fingerprint density at radius 3 is 2.57 bits per heavy atom. The quantitative estimate of drug-likeness (QED) is 0.937. The van der Waals surface area contributed by atoms with Gasteiger partial charge in [-0.25, -0.2) is 4.39 Å². The van der Waals surface area contributed by atoms with Crippen LogP contribution in [0.15, 0.2) is 28.8 Å². The third-order valence-corrected chi connectivity index (χ3v) is 4.54. The molecule has 2 N–H and O–H groups in total. The fourth-order valence-corrected chi connectivity index (χ4v) is 2.96. The summed E-state index contributed by atoms with van der Waals surface area (Å²) in [6.45, 7) is 2.22. The summed E-state index contributed by atoms with van der Waals surface area (Å²) in [5, 5.41) is 4.06. The lowest BCUT2D eigenvalue weighted by Crippen LogP contribution is -2.41. The van der Waals surface area contributed by atoms with E-state index in [0.29, 0.717) is 17.3 Å². The number of halogens is 1. The Bertz CT molecular complexity index is 600. The van der Waals surface area contributed by atoms with Gasteiger partial charge in [-0.05, 0) is 55.9 Å². The lowest BCUT2D eigenvalue weighted by atomic mass is 9.76. The van der Waals surface area contributed by atoms with E-state index in [1.54, 1.807) is 12.1 Å². The number of hydrogen-bond donors (Lipinski definition) is 1. The van der Waals surface area contributed by atoms with Crippen molar-refractivity contribution in [2.45, 2.75) is 44.6 Å². The molecule has 3 rings (SSSR count). The Hall–Kier alpha value is -1.75. The minimum atomic E-state index is -0.493. The van der Waals surface area contributed by atoms with Crippen molar-refractivity contribution in [2.75, 3.05) is 0 Å².